The van der Waals surface area contributed by atoms with Gasteiger partial charge < -0.3 is 0 Å². The van der Waals surface area contributed by atoms with Crippen LogP contribution in [-0.2, 0) is 9.59 Å². The van der Waals surface area contributed by atoms with Crippen LogP contribution in [0.1, 0.15) is 19.8 Å². The fourth-order valence-electron chi connectivity index (χ4n) is 2.59. The van der Waals surface area contributed by atoms with Crippen LogP contribution >= 0.6 is 11.3 Å². The lowest BCUT2D eigenvalue weighted by molar-refractivity contribution is -0.126. The predicted octanol–water partition coefficient (Wildman–Crippen LogP) is 1.99. The highest BCUT2D eigenvalue weighted by Crippen LogP contribution is 2.47. The first-order chi connectivity index (χ1) is 8.14. The summed E-state index contributed by atoms with van der Waals surface area (Å²) in [6.07, 6.45) is 6.89. The number of hydrogen-bond donors (Lipinski definition) is 0. The Balaban J connectivity index is 2.06. The van der Waals surface area contributed by atoms with Gasteiger partial charge >= 0.3 is 0 Å². The lowest BCUT2D eigenvalue weighted by Crippen LogP contribution is -2.34. The van der Waals surface area contributed by atoms with E-state index in [-0.39, 0.29) is 17.7 Å². The second-order valence-corrected chi connectivity index (χ2v) is 5.55. The number of fused-ring (bicyclic) bond motifs is 1. The smallest absolute Gasteiger partial charge is 0.242 e. The molecule has 0 bridgehead atoms. The number of thiazole rings is 1. The van der Waals surface area contributed by atoms with Crippen LogP contribution in [0.25, 0.3) is 0 Å². The molecule has 0 spiro atoms. The van der Waals surface area contributed by atoms with Crippen molar-refractivity contribution >= 4 is 28.3 Å². The Bertz CT molecular complexity index is 509. The first kappa shape index (κ1) is 10.7. The van der Waals surface area contributed by atoms with E-state index in [0.717, 1.165) is 0 Å². The van der Waals surface area contributed by atoms with Crippen molar-refractivity contribution in [2.75, 3.05) is 4.90 Å². The molecule has 1 saturated heterocycles. The zero-order valence-corrected chi connectivity index (χ0v) is 10.2. The second kappa shape index (κ2) is 3.50. The molecule has 4 nitrogen and oxygen atoms in total. The van der Waals surface area contributed by atoms with Gasteiger partial charge in [0.05, 0.1) is 11.3 Å². The van der Waals surface area contributed by atoms with E-state index in [0.29, 0.717) is 18.0 Å². The Hall–Kier alpha value is -1.49. The van der Waals surface area contributed by atoms with Crippen molar-refractivity contribution in [2.24, 2.45) is 11.3 Å². The number of nitrogens with zero attached hydrogens (tertiary/aromatic N) is 2. The number of carbonyl (C=O) groups is 2. The molecular formula is C12H12N2O2S. The van der Waals surface area contributed by atoms with Gasteiger partial charge in [-0.3, -0.25) is 9.59 Å². The highest BCUT2D eigenvalue weighted by Gasteiger charge is 2.57. The molecule has 88 valence electrons. The largest absolute Gasteiger partial charge is 0.274 e. The molecule has 2 atom stereocenters. The molecule has 0 N–H and O–H groups in total. The van der Waals surface area contributed by atoms with Crippen molar-refractivity contribution in [1.29, 1.82) is 0 Å². The van der Waals surface area contributed by atoms with Crippen molar-refractivity contribution in [3.8, 4) is 0 Å². The van der Waals surface area contributed by atoms with Gasteiger partial charge in [-0.15, -0.1) is 11.3 Å². The van der Waals surface area contributed by atoms with Gasteiger partial charge in [0.2, 0.25) is 11.8 Å². The SMILES string of the molecule is CC12CC=CCC1C(=O)N(c1nccs1)C2=O. The lowest BCUT2D eigenvalue weighted by Gasteiger charge is -2.27. The molecule has 17 heavy (non-hydrogen) atoms. The zero-order valence-electron chi connectivity index (χ0n) is 9.42. The number of allylic oxidation sites excluding steroid dienone is 2. The van der Waals surface area contributed by atoms with Crippen LogP contribution < -0.4 is 4.90 Å². The van der Waals surface area contributed by atoms with E-state index in [1.807, 2.05) is 19.1 Å². The van der Waals surface area contributed by atoms with Crippen LogP contribution in [0.2, 0.25) is 0 Å². The van der Waals surface area contributed by atoms with Crippen molar-refractivity contribution in [3.05, 3.63) is 23.7 Å². The molecule has 1 aromatic heterocycles. The zero-order chi connectivity index (χ0) is 12.0. The average molecular weight is 248 g/mol. The summed E-state index contributed by atoms with van der Waals surface area (Å²) in [6, 6.07) is 0. The van der Waals surface area contributed by atoms with Crippen LogP contribution in [0.15, 0.2) is 23.7 Å². The van der Waals surface area contributed by atoms with E-state index in [9.17, 15) is 9.59 Å². The molecule has 5 heteroatoms. The van der Waals surface area contributed by atoms with E-state index in [1.54, 1.807) is 11.6 Å². The molecule has 1 aliphatic carbocycles. The second-order valence-electron chi connectivity index (χ2n) is 4.67. The number of anilines is 1. The van der Waals surface area contributed by atoms with Gasteiger partial charge in [-0.05, 0) is 19.8 Å². The Morgan fingerprint density at radius 2 is 2.29 bits per heavy atom. The Labute approximate surface area is 103 Å². The summed E-state index contributed by atoms with van der Waals surface area (Å²) in [5.41, 5.74) is -0.572. The number of carbonyl (C=O) groups excluding carboxylic acids is 2. The van der Waals surface area contributed by atoms with E-state index < -0.39 is 5.41 Å². The van der Waals surface area contributed by atoms with Gasteiger partial charge in [0.15, 0.2) is 5.13 Å². The van der Waals surface area contributed by atoms with E-state index >= 15 is 0 Å². The van der Waals surface area contributed by atoms with E-state index in [4.69, 9.17) is 0 Å². The maximum absolute atomic E-state index is 12.4. The van der Waals surface area contributed by atoms with Crippen molar-refractivity contribution < 1.29 is 9.59 Å². The molecule has 2 heterocycles. The molecule has 0 radical (unpaired) electrons. The van der Waals surface area contributed by atoms with Gasteiger partial charge in [0, 0.05) is 11.6 Å². The fourth-order valence-corrected chi connectivity index (χ4v) is 3.23. The molecule has 3 rings (SSSR count). The van der Waals surface area contributed by atoms with Crippen LogP contribution in [0.3, 0.4) is 0 Å². The molecule has 2 amide bonds. The van der Waals surface area contributed by atoms with Gasteiger partial charge in [0.25, 0.3) is 0 Å². The number of hydrogen-bond acceptors (Lipinski definition) is 4. The molecular weight excluding hydrogens is 236 g/mol. The minimum Gasteiger partial charge on any atom is -0.274 e. The molecule has 2 aliphatic rings. The fraction of sp³-hybridized carbons (Fsp3) is 0.417. The minimum absolute atomic E-state index is 0.100. The quantitative estimate of drug-likeness (QED) is 0.564. The summed E-state index contributed by atoms with van der Waals surface area (Å²) in [7, 11) is 0. The van der Waals surface area contributed by atoms with Gasteiger partial charge in [-0.25, -0.2) is 9.88 Å². The molecule has 2 unspecified atom stereocenters. The number of rotatable bonds is 1. The summed E-state index contributed by atoms with van der Waals surface area (Å²) in [4.78, 5) is 30.0. The van der Waals surface area contributed by atoms with Gasteiger partial charge in [-0.2, -0.15) is 0 Å². The third kappa shape index (κ3) is 1.32. The summed E-state index contributed by atoms with van der Waals surface area (Å²) in [5, 5.41) is 2.27. The Morgan fingerprint density at radius 3 is 2.94 bits per heavy atom. The predicted molar refractivity (Wildman–Crippen MR) is 64.6 cm³/mol. The summed E-state index contributed by atoms with van der Waals surface area (Å²) in [5.74, 6) is -0.424. The van der Waals surface area contributed by atoms with Gasteiger partial charge in [-0.1, -0.05) is 12.2 Å². The molecule has 1 aliphatic heterocycles. The molecule has 1 aromatic rings. The van der Waals surface area contributed by atoms with E-state index in [2.05, 4.69) is 4.98 Å². The topological polar surface area (TPSA) is 50.3 Å². The summed E-state index contributed by atoms with van der Waals surface area (Å²) < 4.78 is 0. The van der Waals surface area contributed by atoms with Crippen LogP contribution in [-0.4, -0.2) is 16.8 Å². The average Bonchev–Trinajstić information content (AvgIpc) is 2.88. The van der Waals surface area contributed by atoms with Gasteiger partial charge in [0.1, 0.15) is 0 Å². The standard InChI is InChI=1S/C12H12N2O2S/c1-12-5-3-2-4-8(12)9(15)14(10(12)16)11-13-6-7-17-11/h2-3,6-8H,4-5H2,1H3. The first-order valence-corrected chi connectivity index (χ1v) is 6.45. The molecule has 0 saturated carbocycles. The Morgan fingerprint density at radius 1 is 1.47 bits per heavy atom. The third-order valence-corrected chi connectivity index (χ3v) is 4.43. The highest BCUT2D eigenvalue weighted by molar-refractivity contribution is 7.14. The minimum atomic E-state index is -0.572. The lowest BCUT2D eigenvalue weighted by atomic mass is 9.72. The van der Waals surface area contributed by atoms with Crippen LogP contribution in [0, 0.1) is 11.3 Å². The monoisotopic (exact) mass is 248 g/mol. The van der Waals surface area contributed by atoms with Crippen LogP contribution in [0.5, 0.6) is 0 Å². The van der Waals surface area contributed by atoms with E-state index in [1.165, 1.54) is 16.2 Å². The van der Waals surface area contributed by atoms with Crippen LogP contribution in [0.4, 0.5) is 5.13 Å². The third-order valence-electron chi connectivity index (χ3n) is 3.67. The highest BCUT2D eigenvalue weighted by atomic mass is 32.1. The number of amides is 2. The molecule has 1 fully saturated rings. The number of imide groups is 1. The van der Waals surface area contributed by atoms with Crippen molar-refractivity contribution in [1.82, 2.24) is 4.98 Å². The summed E-state index contributed by atoms with van der Waals surface area (Å²) in [6.45, 7) is 1.88. The Kier molecular flexibility index (Phi) is 2.19. The van der Waals surface area contributed by atoms with Crippen molar-refractivity contribution in [2.45, 2.75) is 19.8 Å². The number of aromatic nitrogens is 1. The maximum atomic E-state index is 12.4. The molecule has 0 aromatic carbocycles. The summed E-state index contributed by atoms with van der Waals surface area (Å²) >= 11 is 1.32. The maximum Gasteiger partial charge on any atom is 0.242 e. The van der Waals surface area contributed by atoms with Crippen molar-refractivity contribution in [3.63, 3.8) is 0 Å². The first-order valence-electron chi connectivity index (χ1n) is 5.57. The normalized spacial score (nSPS) is 32.1.